The lowest BCUT2D eigenvalue weighted by molar-refractivity contribution is 0.601. The lowest BCUT2D eigenvalue weighted by atomic mass is 10.1. The maximum absolute atomic E-state index is 12.8. The molecule has 4 rings (SSSR count). The topological polar surface area (TPSA) is 75.2 Å². The van der Waals surface area contributed by atoms with Gasteiger partial charge in [0.15, 0.2) is 5.82 Å². The molecule has 1 aliphatic rings. The number of nitrogens with zero attached hydrogens (tertiary/aromatic N) is 3. The van der Waals surface area contributed by atoms with Crippen LogP contribution in [-0.2, 0) is 10.0 Å². The minimum atomic E-state index is -3.97. The van der Waals surface area contributed by atoms with E-state index >= 15 is 0 Å². The molecule has 0 spiro atoms. The van der Waals surface area contributed by atoms with E-state index in [-0.39, 0.29) is 20.0 Å². The Labute approximate surface area is 189 Å². The summed E-state index contributed by atoms with van der Waals surface area (Å²) in [7, 11) is -3.97. The molecule has 0 unspecified atom stereocenters. The Morgan fingerprint density at radius 2 is 1.60 bits per heavy atom. The van der Waals surface area contributed by atoms with Crippen molar-refractivity contribution in [2.45, 2.75) is 17.7 Å². The van der Waals surface area contributed by atoms with Crippen LogP contribution >= 0.6 is 34.8 Å². The molecule has 0 aliphatic carbocycles. The van der Waals surface area contributed by atoms with Gasteiger partial charge in [-0.2, -0.15) is 0 Å². The van der Waals surface area contributed by atoms with E-state index in [9.17, 15) is 8.42 Å². The number of rotatable bonds is 5. The third-order valence-corrected chi connectivity index (χ3v) is 7.32. The fraction of sp³-hybridized carbons (Fsp3) is 0.200. The molecular weight excluding hydrogens is 467 g/mol. The number of nitrogens with one attached hydrogen (secondary N) is 1. The van der Waals surface area contributed by atoms with Crippen LogP contribution in [-0.4, -0.2) is 31.7 Å². The SMILES string of the molecule is O=S(=O)(Nc1cccc(-c2ccc(N3CCCC3)nn2)c1)c1cc(Cl)c(Cl)cc1Cl. The molecule has 2 aromatic carbocycles. The van der Waals surface area contributed by atoms with Crippen LogP contribution in [0.1, 0.15) is 12.8 Å². The summed E-state index contributed by atoms with van der Waals surface area (Å²) in [5.74, 6) is 0.849. The van der Waals surface area contributed by atoms with Crippen LogP contribution in [0, 0.1) is 0 Å². The Hall–Kier alpha value is -2.06. The summed E-state index contributed by atoms with van der Waals surface area (Å²) in [4.78, 5) is 2.04. The molecule has 1 fully saturated rings. The molecule has 0 amide bonds. The minimum absolute atomic E-state index is 0.0172. The fourth-order valence-corrected chi connectivity index (χ4v) is 5.31. The molecule has 2 heterocycles. The average Bonchev–Trinajstić information content (AvgIpc) is 3.25. The van der Waals surface area contributed by atoms with Gasteiger partial charge in [0.05, 0.1) is 20.8 Å². The van der Waals surface area contributed by atoms with Gasteiger partial charge < -0.3 is 4.90 Å². The molecule has 1 N–H and O–H groups in total. The number of anilines is 2. The zero-order chi connectivity index (χ0) is 21.3. The van der Waals surface area contributed by atoms with E-state index in [4.69, 9.17) is 34.8 Å². The largest absolute Gasteiger partial charge is 0.355 e. The van der Waals surface area contributed by atoms with E-state index in [2.05, 4.69) is 19.8 Å². The Bertz CT molecular complexity index is 1180. The average molecular weight is 484 g/mol. The molecule has 0 radical (unpaired) electrons. The fourth-order valence-electron chi connectivity index (χ4n) is 3.26. The van der Waals surface area contributed by atoms with Gasteiger partial charge in [-0.1, -0.05) is 46.9 Å². The van der Waals surface area contributed by atoms with Crippen molar-refractivity contribution in [1.29, 1.82) is 0 Å². The van der Waals surface area contributed by atoms with Gasteiger partial charge in [0.1, 0.15) is 4.90 Å². The zero-order valence-corrected chi connectivity index (χ0v) is 18.7. The highest BCUT2D eigenvalue weighted by Crippen LogP contribution is 2.33. The number of sulfonamides is 1. The van der Waals surface area contributed by atoms with Gasteiger partial charge in [0, 0.05) is 24.3 Å². The summed E-state index contributed by atoms with van der Waals surface area (Å²) in [6.45, 7) is 1.98. The maximum Gasteiger partial charge on any atom is 0.263 e. The molecule has 6 nitrogen and oxygen atoms in total. The van der Waals surface area contributed by atoms with Crippen LogP contribution in [0.2, 0.25) is 15.1 Å². The van der Waals surface area contributed by atoms with Gasteiger partial charge in [-0.15, -0.1) is 10.2 Å². The lowest BCUT2D eigenvalue weighted by Gasteiger charge is -2.15. The number of halogens is 3. The van der Waals surface area contributed by atoms with Crippen LogP contribution < -0.4 is 9.62 Å². The standard InChI is InChI=1S/C20H17Cl3N4O2S/c21-15-11-17(23)19(12-16(15)22)30(28,29)26-14-5-3-4-13(10-14)18-6-7-20(25-24-18)27-8-1-2-9-27/h3-7,10-12,26H,1-2,8-9H2. The highest BCUT2D eigenvalue weighted by atomic mass is 35.5. The first-order chi connectivity index (χ1) is 14.3. The summed E-state index contributed by atoms with van der Waals surface area (Å²) in [6, 6.07) is 13.2. The van der Waals surface area contributed by atoms with Crippen molar-refractivity contribution in [2.75, 3.05) is 22.7 Å². The Morgan fingerprint density at radius 3 is 2.30 bits per heavy atom. The Balaban J connectivity index is 1.58. The van der Waals surface area contributed by atoms with Crippen molar-refractivity contribution < 1.29 is 8.42 Å². The molecule has 1 aromatic heterocycles. The number of hydrogen-bond acceptors (Lipinski definition) is 5. The zero-order valence-electron chi connectivity index (χ0n) is 15.6. The number of aromatic nitrogens is 2. The van der Waals surface area contributed by atoms with Crippen LogP contribution in [0.15, 0.2) is 53.4 Å². The quantitative estimate of drug-likeness (QED) is 0.485. The molecule has 1 saturated heterocycles. The third-order valence-electron chi connectivity index (χ3n) is 4.76. The summed E-state index contributed by atoms with van der Waals surface area (Å²) >= 11 is 17.9. The summed E-state index contributed by atoms with van der Waals surface area (Å²) in [5.41, 5.74) is 1.74. The highest BCUT2D eigenvalue weighted by molar-refractivity contribution is 7.92. The lowest BCUT2D eigenvalue weighted by Crippen LogP contribution is -2.19. The number of benzene rings is 2. The second-order valence-electron chi connectivity index (χ2n) is 6.85. The van der Waals surface area contributed by atoms with Crippen molar-refractivity contribution >= 4 is 56.3 Å². The third kappa shape index (κ3) is 4.49. The molecule has 0 bridgehead atoms. The summed E-state index contributed by atoms with van der Waals surface area (Å²) < 4.78 is 28.1. The van der Waals surface area contributed by atoms with Crippen molar-refractivity contribution in [3.05, 3.63) is 63.6 Å². The van der Waals surface area contributed by atoms with E-state index < -0.39 is 10.0 Å². The van der Waals surface area contributed by atoms with E-state index in [0.29, 0.717) is 11.4 Å². The minimum Gasteiger partial charge on any atom is -0.355 e. The van der Waals surface area contributed by atoms with Crippen LogP contribution in [0.4, 0.5) is 11.5 Å². The molecule has 10 heteroatoms. The van der Waals surface area contributed by atoms with Crippen molar-refractivity contribution in [3.8, 4) is 11.3 Å². The van der Waals surface area contributed by atoms with E-state index in [1.54, 1.807) is 18.2 Å². The Morgan fingerprint density at radius 1 is 0.867 bits per heavy atom. The summed E-state index contributed by atoms with van der Waals surface area (Å²) in [5, 5.41) is 8.88. The van der Waals surface area contributed by atoms with Gasteiger partial charge in [0.25, 0.3) is 10.0 Å². The smallest absolute Gasteiger partial charge is 0.263 e. The maximum atomic E-state index is 12.8. The molecule has 0 saturated carbocycles. The monoisotopic (exact) mass is 482 g/mol. The first-order valence-electron chi connectivity index (χ1n) is 9.20. The number of hydrogen-bond donors (Lipinski definition) is 1. The van der Waals surface area contributed by atoms with Gasteiger partial charge in [0.2, 0.25) is 0 Å². The van der Waals surface area contributed by atoms with Crippen LogP contribution in [0.25, 0.3) is 11.3 Å². The van der Waals surface area contributed by atoms with Crippen LogP contribution in [0.5, 0.6) is 0 Å². The molecular formula is C20H17Cl3N4O2S. The molecule has 1 aliphatic heterocycles. The van der Waals surface area contributed by atoms with E-state index in [0.717, 1.165) is 37.3 Å². The first-order valence-corrected chi connectivity index (χ1v) is 11.8. The van der Waals surface area contributed by atoms with Crippen molar-refractivity contribution in [3.63, 3.8) is 0 Å². The van der Waals surface area contributed by atoms with Gasteiger partial charge in [-0.3, -0.25) is 4.72 Å². The van der Waals surface area contributed by atoms with Crippen LogP contribution in [0.3, 0.4) is 0 Å². The van der Waals surface area contributed by atoms with Crippen molar-refractivity contribution in [2.24, 2.45) is 0 Å². The molecule has 0 atom stereocenters. The second-order valence-corrected chi connectivity index (χ2v) is 9.73. The van der Waals surface area contributed by atoms with Gasteiger partial charge in [-0.25, -0.2) is 8.42 Å². The predicted octanol–water partition coefficient (Wildman–Crippen LogP) is 5.50. The summed E-state index contributed by atoms with van der Waals surface area (Å²) in [6.07, 6.45) is 2.32. The molecule has 3 aromatic rings. The van der Waals surface area contributed by atoms with Gasteiger partial charge in [-0.05, 0) is 49.2 Å². The van der Waals surface area contributed by atoms with E-state index in [1.165, 1.54) is 12.1 Å². The predicted molar refractivity (Wildman–Crippen MR) is 121 cm³/mol. The molecule has 30 heavy (non-hydrogen) atoms. The first kappa shape index (κ1) is 21.2. The van der Waals surface area contributed by atoms with Crippen molar-refractivity contribution in [1.82, 2.24) is 10.2 Å². The Kier molecular flexibility index (Phi) is 6.06. The van der Waals surface area contributed by atoms with Gasteiger partial charge >= 0.3 is 0 Å². The second kappa shape index (κ2) is 8.59. The molecule has 156 valence electrons. The van der Waals surface area contributed by atoms with E-state index in [1.807, 2.05) is 18.2 Å². The highest BCUT2D eigenvalue weighted by Gasteiger charge is 2.20. The normalized spacial score (nSPS) is 14.2.